The second-order valence-electron chi connectivity index (χ2n) is 6.17. The molecule has 1 N–H and O–H groups in total. The summed E-state index contributed by atoms with van der Waals surface area (Å²) in [7, 11) is 1.97. The van der Waals surface area contributed by atoms with Crippen molar-refractivity contribution < 1.29 is 4.79 Å². The van der Waals surface area contributed by atoms with Gasteiger partial charge >= 0.3 is 0 Å². The van der Waals surface area contributed by atoms with E-state index in [-0.39, 0.29) is 5.91 Å². The number of nitrogens with zero attached hydrogens (tertiary/aromatic N) is 3. The van der Waals surface area contributed by atoms with Crippen LogP contribution in [-0.2, 0) is 7.05 Å². The Balaban J connectivity index is 1.71. The van der Waals surface area contributed by atoms with E-state index >= 15 is 0 Å². The van der Waals surface area contributed by atoms with Crippen LogP contribution in [0.2, 0.25) is 5.02 Å². The van der Waals surface area contributed by atoms with Crippen LogP contribution in [0.4, 0.5) is 5.69 Å². The first kappa shape index (κ1) is 16.8. The maximum atomic E-state index is 12.9. The zero-order valence-electron chi connectivity index (χ0n) is 14.1. The summed E-state index contributed by atoms with van der Waals surface area (Å²) in [6.07, 6.45) is 3.76. The van der Waals surface area contributed by atoms with Crippen LogP contribution in [0.3, 0.4) is 0 Å². The molecule has 0 aliphatic carbocycles. The van der Waals surface area contributed by atoms with Gasteiger partial charge < -0.3 is 10.2 Å². The summed E-state index contributed by atoms with van der Waals surface area (Å²) >= 11 is 6.10. The first-order chi connectivity index (χ1) is 11.6. The third-order valence-corrected chi connectivity index (χ3v) is 4.87. The maximum absolute atomic E-state index is 12.9. The zero-order valence-corrected chi connectivity index (χ0v) is 14.9. The molecule has 1 aromatic heterocycles. The van der Waals surface area contributed by atoms with Crippen molar-refractivity contribution in [3.8, 4) is 0 Å². The first-order valence-electron chi connectivity index (χ1n) is 8.40. The summed E-state index contributed by atoms with van der Waals surface area (Å²) in [6.45, 7) is 4.30. The molecule has 1 aliphatic heterocycles. The smallest absolute Gasteiger partial charge is 0.256 e. The highest BCUT2D eigenvalue weighted by molar-refractivity contribution is 6.31. The van der Waals surface area contributed by atoms with Gasteiger partial charge in [0, 0.05) is 55.2 Å². The lowest BCUT2D eigenvalue weighted by atomic mass is 9.93. The van der Waals surface area contributed by atoms with Crippen LogP contribution in [0.15, 0.2) is 30.5 Å². The largest absolute Gasteiger partial charge is 0.385 e. The van der Waals surface area contributed by atoms with E-state index in [0.717, 1.165) is 38.2 Å². The van der Waals surface area contributed by atoms with Crippen LogP contribution in [-0.4, -0.2) is 40.2 Å². The molecular weight excluding hydrogens is 324 g/mol. The number of anilines is 1. The van der Waals surface area contributed by atoms with Crippen LogP contribution in [0.25, 0.3) is 0 Å². The molecule has 1 fully saturated rings. The topological polar surface area (TPSA) is 50.2 Å². The van der Waals surface area contributed by atoms with Crippen LogP contribution in [0.1, 0.15) is 41.7 Å². The van der Waals surface area contributed by atoms with Gasteiger partial charge in [-0.25, -0.2) is 0 Å². The first-order valence-corrected chi connectivity index (χ1v) is 8.78. The number of halogens is 1. The standard InChI is InChI=1S/C18H23ClN4O/c1-3-20-16-5-4-14(19)12-15(16)18(24)23-10-7-13(8-11-23)17-6-9-21-22(17)2/h4-6,9,12-13,20H,3,7-8,10-11H2,1-2H3. The molecule has 5 nitrogen and oxygen atoms in total. The Bertz CT molecular complexity index is 720. The fourth-order valence-electron chi connectivity index (χ4n) is 3.37. The molecular formula is C18H23ClN4O. The van der Waals surface area contributed by atoms with Crippen molar-refractivity contribution >= 4 is 23.2 Å². The lowest BCUT2D eigenvalue weighted by molar-refractivity contribution is 0.0712. The minimum absolute atomic E-state index is 0.0527. The number of hydrogen-bond acceptors (Lipinski definition) is 3. The van der Waals surface area contributed by atoms with Gasteiger partial charge in [-0.2, -0.15) is 5.10 Å². The highest BCUT2D eigenvalue weighted by Crippen LogP contribution is 2.29. The lowest BCUT2D eigenvalue weighted by Crippen LogP contribution is -2.38. The van der Waals surface area contributed by atoms with Gasteiger partial charge in [0.1, 0.15) is 0 Å². The van der Waals surface area contributed by atoms with Crippen LogP contribution in [0, 0.1) is 0 Å². The Hall–Kier alpha value is -2.01. The molecule has 0 atom stereocenters. The molecule has 0 unspecified atom stereocenters. The van der Waals surface area contributed by atoms with Crippen LogP contribution >= 0.6 is 11.6 Å². The van der Waals surface area contributed by atoms with Crippen molar-refractivity contribution in [2.24, 2.45) is 7.05 Å². The fourth-order valence-corrected chi connectivity index (χ4v) is 3.54. The molecule has 2 heterocycles. The van der Waals surface area contributed by atoms with E-state index in [1.54, 1.807) is 6.07 Å². The average molecular weight is 347 g/mol. The number of carbonyl (C=O) groups is 1. The van der Waals surface area contributed by atoms with E-state index in [4.69, 9.17) is 11.6 Å². The highest BCUT2D eigenvalue weighted by Gasteiger charge is 2.27. The molecule has 1 amide bonds. The van der Waals surface area contributed by atoms with E-state index in [1.807, 2.05) is 41.9 Å². The van der Waals surface area contributed by atoms with E-state index in [1.165, 1.54) is 5.69 Å². The summed E-state index contributed by atoms with van der Waals surface area (Å²) in [5.41, 5.74) is 2.75. The molecule has 128 valence electrons. The van der Waals surface area contributed by atoms with Gasteiger partial charge in [-0.1, -0.05) is 11.6 Å². The molecule has 0 saturated carbocycles. The Kier molecular flexibility index (Phi) is 5.09. The maximum Gasteiger partial charge on any atom is 0.256 e. The van der Waals surface area contributed by atoms with Crippen molar-refractivity contribution in [3.05, 3.63) is 46.7 Å². The molecule has 1 aliphatic rings. The fraction of sp³-hybridized carbons (Fsp3) is 0.444. The van der Waals surface area contributed by atoms with Gasteiger partial charge in [0.15, 0.2) is 0 Å². The van der Waals surface area contributed by atoms with Crippen molar-refractivity contribution in [2.45, 2.75) is 25.7 Å². The Morgan fingerprint density at radius 3 is 2.71 bits per heavy atom. The van der Waals surface area contributed by atoms with Gasteiger partial charge in [0.25, 0.3) is 5.91 Å². The third kappa shape index (κ3) is 3.41. The van der Waals surface area contributed by atoms with Crippen molar-refractivity contribution in [1.29, 1.82) is 0 Å². The number of aryl methyl sites for hydroxylation is 1. The average Bonchev–Trinajstić information content (AvgIpc) is 3.02. The second kappa shape index (κ2) is 7.26. The molecule has 6 heteroatoms. The van der Waals surface area contributed by atoms with Crippen molar-refractivity contribution in [1.82, 2.24) is 14.7 Å². The monoisotopic (exact) mass is 346 g/mol. The number of piperidine rings is 1. The van der Waals surface area contributed by atoms with Gasteiger partial charge in [0.05, 0.1) is 5.56 Å². The summed E-state index contributed by atoms with van der Waals surface area (Å²) in [6, 6.07) is 7.52. The lowest BCUT2D eigenvalue weighted by Gasteiger charge is -2.32. The van der Waals surface area contributed by atoms with E-state index in [9.17, 15) is 4.79 Å². The van der Waals surface area contributed by atoms with Crippen LogP contribution in [0.5, 0.6) is 0 Å². The predicted molar refractivity (Wildman–Crippen MR) is 96.7 cm³/mol. The molecule has 0 spiro atoms. The molecule has 3 rings (SSSR count). The molecule has 0 bridgehead atoms. The minimum atomic E-state index is 0.0527. The minimum Gasteiger partial charge on any atom is -0.385 e. The third-order valence-electron chi connectivity index (χ3n) is 4.64. The quantitative estimate of drug-likeness (QED) is 0.921. The Labute approximate surface area is 147 Å². The van der Waals surface area contributed by atoms with Crippen LogP contribution < -0.4 is 5.32 Å². The summed E-state index contributed by atoms with van der Waals surface area (Å²) in [5, 5.41) is 8.08. The summed E-state index contributed by atoms with van der Waals surface area (Å²) in [5.74, 6) is 0.519. The number of aromatic nitrogens is 2. The Morgan fingerprint density at radius 2 is 2.08 bits per heavy atom. The molecule has 1 saturated heterocycles. The molecule has 24 heavy (non-hydrogen) atoms. The SMILES string of the molecule is CCNc1ccc(Cl)cc1C(=O)N1CCC(c2ccnn2C)CC1. The zero-order chi connectivity index (χ0) is 17.1. The number of benzene rings is 1. The summed E-state index contributed by atoms with van der Waals surface area (Å²) < 4.78 is 1.93. The highest BCUT2D eigenvalue weighted by atomic mass is 35.5. The van der Waals surface area contributed by atoms with Gasteiger partial charge in [-0.15, -0.1) is 0 Å². The number of carbonyl (C=O) groups excluding carboxylic acids is 1. The van der Waals surface area contributed by atoms with E-state index in [2.05, 4.69) is 16.5 Å². The van der Waals surface area contributed by atoms with Gasteiger partial charge in [-0.3, -0.25) is 9.48 Å². The van der Waals surface area contributed by atoms with E-state index in [0.29, 0.717) is 16.5 Å². The predicted octanol–water partition coefficient (Wildman–Crippen LogP) is 3.53. The van der Waals surface area contributed by atoms with Gasteiger partial charge in [-0.05, 0) is 44.0 Å². The number of nitrogens with one attached hydrogen (secondary N) is 1. The molecule has 0 radical (unpaired) electrons. The molecule has 1 aromatic carbocycles. The van der Waals surface area contributed by atoms with Gasteiger partial charge in [0.2, 0.25) is 0 Å². The number of likely N-dealkylation sites (tertiary alicyclic amines) is 1. The van der Waals surface area contributed by atoms with Crippen molar-refractivity contribution in [2.75, 3.05) is 25.0 Å². The normalized spacial score (nSPS) is 15.5. The Morgan fingerprint density at radius 1 is 1.33 bits per heavy atom. The second-order valence-corrected chi connectivity index (χ2v) is 6.60. The van der Waals surface area contributed by atoms with E-state index < -0.39 is 0 Å². The molecule has 2 aromatic rings. The number of amides is 1. The number of hydrogen-bond donors (Lipinski definition) is 1. The van der Waals surface area contributed by atoms with Crippen molar-refractivity contribution in [3.63, 3.8) is 0 Å². The number of rotatable bonds is 4. The summed E-state index contributed by atoms with van der Waals surface area (Å²) in [4.78, 5) is 14.8.